The van der Waals surface area contributed by atoms with Gasteiger partial charge < -0.3 is 15.8 Å². The Bertz CT molecular complexity index is 776. The third-order valence-electron chi connectivity index (χ3n) is 2.91. The number of nitrogens with one attached hydrogen (secondary N) is 1. The molecule has 10 heteroatoms. The number of hydrogen-bond acceptors (Lipinski definition) is 4. The Balaban J connectivity index is 1.97. The average Bonchev–Trinajstić information content (AvgIpc) is 2.54. The number of ether oxygens (including phenoxy) is 1. The maximum atomic E-state index is 12.1. The second-order valence-electron chi connectivity index (χ2n) is 4.83. The summed E-state index contributed by atoms with van der Waals surface area (Å²) in [4.78, 5) is 14.2. The van der Waals surface area contributed by atoms with E-state index in [1.54, 1.807) is 6.07 Å². The van der Waals surface area contributed by atoms with E-state index in [1.165, 1.54) is 30.3 Å². The second kappa shape index (κ2) is 7.51. The van der Waals surface area contributed by atoms with E-state index in [-0.39, 0.29) is 23.9 Å². The smallest absolute Gasteiger partial charge is 0.406 e. The molecule has 0 spiro atoms. The Morgan fingerprint density at radius 2 is 1.92 bits per heavy atom. The summed E-state index contributed by atoms with van der Waals surface area (Å²) in [5.74, 6) is -0.346. The molecule has 0 amide bonds. The van der Waals surface area contributed by atoms with Crippen LogP contribution in [0.3, 0.4) is 0 Å². The van der Waals surface area contributed by atoms with Gasteiger partial charge in [0.25, 0.3) is 5.69 Å². The number of nitrogens with zero attached hydrogens (tertiary/aromatic N) is 2. The van der Waals surface area contributed by atoms with Crippen LogP contribution in [0, 0.1) is 10.1 Å². The third kappa shape index (κ3) is 6.01. The third-order valence-corrected chi connectivity index (χ3v) is 2.91. The number of guanidine groups is 1. The fraction of sp³-hybridized carbons (Fsp3) is 0.133. The second-order valence-corrected chi connectivity index (χ2v) is 4.83. The van der Waals surface area contributed by atoms with Gasteiger partial charge in [-0.05, 0) is 29.8 Å². The summed E-state index contributed by atoms with van der Waals surface area (Å²) in [6.07, 6.45) is -4.76. The van der Waals surface area contributed by atoms with Crippen LogP contribution in [-0.4, -0.2) is 17.2 Å². The van der Waals surface area contributed by atoms with Crippen molar-refractivity contribution in [3.63, 3.8) is 0 Å². The highest BCUT2D eigenvalue weighted by molar-refractivity contribution is 5.92. The van der Waals surface area contributed by atoms with Gasteiger partial charge in [0, 0.05) is 17.8 Å². The van der Waals surface area contributed by atoms with E-state index < -0.39 is 11.3 Å². The molecule has 0 fully saturated rings. The van der Waals surface area contributed by atoms with Crippen LogP contribution in [-0.2, 0) is 6.54 Å². The molecule has 0 aliphatic carbocycles. The summed E-state index contributed by atoms with van der Waals surface area (Å²) in [5.41, 5.74) is 6.63. The van der Waals surface area contributed by atoms with Crippen LogP contribution >= 0.6 is 0 Å². The number of rotatable bonds is 5. The summed E-state index contributed by atoms with van der Waals surface area (Å²) in [5, 5.41) is 13.4. The Labute approximate surface area is 140 Å². The van der Waals surface area contributed by atoms with Crippen molar-refractivity contribution in [1.82, 2.24) is 0 Å². The lowest BCUT2D eigenvalue weighted by Crippen LogP contribution is -2.22. The Morgan fingerprint density at radius 3 is 2.52 bits per heavy atom. The zero-order chi connectivity index (χ0) is 18.4. The number of alkyl halides is 3. The number of nitro groups is 1. The molecule has 2 rings (SSSR count). The first-order chi connectivity index (χ1) is 11.7. The van der Waals surface area contributed by atoms with E-state index in [0.29, 0.717) is 11.3 Å². The predicted molar refractivity (Wildman–Crippen MR) is 85.2 cm³/mol. The number of anilines is 1. The van der Waals surface area contributed by atoms with Gasteiger partial charge in [0.05, 0.1) is 11.5 Å². The molecule has 2 aromatic rings. The molecule has 0 saturated carbocycles. The summed E-state index contributed by atoms with van der Waals surface area (Å²) < 4.78 is 40.0. The molecule has 3 N–H and O–H groups in total. The molecular formula is C15H13F3N4O3. The summed E-state index contributed by atoms with van der Waals surface area (Å²) in [7, 11) is 0. The zero-order valence-corrected chi connectivity index (χ0v) is 12.7. The van der Waals surface area contributed by atoms with Crippen molar-refractivity contribution in [3.8, 4) is 5.75 Å². The molecule has 2 aromatic carbocycles. The van der Waals surface area contributed by atoms with E-state index in [2.05, 4.69) is 15.0 Å². The minimum atomic E-state index is -4.76. The monoisotopic (exact) mass is 354 g/mol. The van der Waals surface area contributed by atoms with Crippen LogP contribution in [0.4, 0.5) is 24.5 Å². The van der Waals surface area contributed by atoms with Crippen LogP contribution < -0.4 is 15.8 Å². The van der Waals surface area contributed by atoms with Gasteiger partial charge in [-0.25, -0.2) is 4.99 Å². The van der Waals surface area contributed by atoms with E-state index in [1.807, 2.05) is 0 Å². The highest BCUT2D eigenvalue weighted by Gasteiger charge is 2.30. The summed E-state index contributed by atoms with van der Waals surface area (Å²) >= 11 is 0. The molecular weight excluding hydrogens is 341 g/mol. The lowest BCUT2D eigenvalue weighted by atomic mass is 10.2. The van der Waals surface area contributed by atoms with Gasteiger partial charge in [-0.1, -0.05) is 12.1 Å². The maximum absolute atomic E-state index is 12.1. The molecule has 7 nitrogen and oxygen atoms in total. The number of nitrogens with two attached hydrogens (primary N) is 1. The van der Waals surface area contributed by atoms with Crippen molar-refractivity contribution in [2.75, 3.05) is 5.32 Å². The molecule has 0 heterocycles. The molecule has 0 aliphatic heterocycles. The first-order valence-electron chi connectivity index (χ1n) is 6.89. The fourth-order valence-electron chi connectivity index (χ4n) is 1.87. The largest absolute Gasteiger partial charge is 0.573 e. The zero-order valence-electron chi connectivity index (χ0n) is 12.7. The fourth-order valence-corrected chi connectivity index (χ4v) is 1.87. The van der Waals surface area contributed by atoms with E-state index in [4.69, 9.17) is 5.73 Å². The normalized spacial score (nSPS) is 11.9. The molecule has 0 unspecified atom stereocenters. The van der Waals surface area contributed by atoms with Crippen molar-refractivity contribution < 1.29 is 22.8 Å². The highest BCUT2D eigenvalue weighted by atomic mass is 19.4. The van der Waals surface area contributed by atoms with E-state index >= 15 is 0 Å². The van der Waals surface area contributed by atoms with Gasteiger partial charge in [0.2, 0.25) is 0 Å². The molecule has 0 aliphatic rings. The average molecular weight is 354 g/mol. The number of aliphatic imine (C=N–C) groups is 1. The lowest BCUT2D eigenvalue weighted by molar-refractivity contribution is -0.384. The van der Waals surface area contributed by atoms with Crippen LogP contribution in [0.5, 0.6) is 5.75 Å². The standard InChI is InChI=1S/C15H13F3N4O3/c16-15(17,18)25-13-6-4-11(5-7-13)21-14(19)20-9-10-2-1-3-12(8-10)22(23)24/h1-8H,9H2,(H3,19,20,21). The number of nitro benzene ring substituents is 1. The number of non-ortho nitro benzene ring substituents is 1. The molecule has 0 atom stereocenters. The predicted octanol–water partition coefficient (Wildman–Crippen LogP) is 3.42. The summed E-state index contributed by atoms with van der Waals surface area (Å²) in [6, 6.07) is 10.9. The van der Waals surface area contributed by atoms with Crippen molar-refractivity contribution in [2.24, 2.45) is 10.7 Å². The molecule has 0 bridgehead atoms. The SMILES string of the molecule is NC(=NCc1cccc([N+](=O)[O-])c1)Nc1ccc(OC(F)(F)F)cc1. The molecule has 0 aromatic heterocycles. The van der Waals surface area contributed by atoms with E-state index in [0.717, 1.165) is 12.1 Å². The first-order valence-corrected chi connectivity index (χ1v) is 6.89. The molecule has 132 valence electrons. The van der Waals surface area contributed by atoms with Crippen LogP contribution in [0.1, 0.15) is 5.56 Å². The van der Waals surface area contributed by atoms with Crippen molar-refractivity contribution in [3.05, 3.63) is 64.2 Å². The van der Waals surface area contributed by atoms with Gasteiger partial charge in [-0.2, -0.15) is 0 Å². The van der Waals surface area contributed by atoms with Gasteiger partial charge in [-0.3, -0.25) is 10.1 Å². The Hall–Kier alpha value is -3.30. The van der Waals surface area contributed by atoms with Gasteiger partial charge in [0.1, 0.15) is 5.75 Å². The summed E-state index contributed by atoms with van der Waals surface area (Å²) in [6.45, 7) is 0.107. The van der Waals surface area contributed by atoms with Crippen LogP contribution in [0.15, 0.2) is 53.5 Å². The topological polar surface area (TPSA) is 103 Å². The minimum Gasteiger partial charge on any atom is -0.406 e. The van der Waals surface area contributed by atoms with Gasteiger partial charge >= 0.3 is 6.36 Å². The van der Waals surface area contributed by atoms with Crippen LogP contribution in [0.25, 0.3) is 0 Å². The van der Waals surface area contributed by atoms with E-state index in [9.17, 15) is 23.3 Å². The Morgan fingerprint density at radius 1 is 1.24 bits per heavy atom. The van der Waals surface area contributed by atoms with Crippen LogP contribution in [0.2, 0.25) is 0 Å². The number of halogens is 3. The molecule has 25 heavy (non-hydrogen) atoms. The maximum Gasteiger partial charge on any atom is 0.573 e. The highest BCUT2D eigenvalue weighted by Crippen LogP contribution is 2.23. The minimum absolute atomic E-state index is 0.0102. The van der Waals surface area contributed by atoms with Gasteiger partial charge in [0.15, 0.2) is 5.96 Å². The number of benzene rings is 2. The van der Waals surface area contributed by atoms with Crippen molar-refractivity contribution in [1.29, 1.82) is 0 Å². The van der Waals surface area contributed by atoms with Gasteiger partial charge in [-0.15, -0.1) is 13.2 Å². The van der Waals surface area contributed by atoms with Crippen molar-refractivity contribution >= 4 is 17.3 Å². The molecule has 0 radical (unpaired) electrons. The molecule has 0 saturated heterocycles. The lowest BCUT2D eigenvalue weighted by Gasteiger charge is -2.10. The first kappa shape index (κ1) is 18.0. The Kier molecular flexibility index (Phi) is 5.42. The number of hydrogen-bond donors (Lipinski definition) is 2. The quantitative estimate of drug-likeness (QED) is 0.371. The van der Waals surface area contributed by atoms with Crippen molar-refractivity contribution in [2.45, 2.75) is 12.9 Å².